The molecule has 0 radical (unpaired) electrons. The van der Waals surface area contributed by atoms with Crippen LogP contribution in [0, 0.1) is 0 Å². The molecule has 0 amide bonds. The first-order valence-electron chi connectivity index (χ1n) is 4.51. The second-order valence-electron chi connectivity index (χ2n) is 2.98. The van der Waals surface area contributed by atoms with Crippen LogP contribution < -0.4 is 5.32 Å². The average Bonchev–Trinajstić information content (AvgIpc) is 2.45. The first kappa shape index (κ1) is 9.26. The summed E-state index contributed by atoms with van der Waals surface area (Å²) >= 11 is 0. The van der Waals surface area contributed by atoms with Crippen LogP contribution in [0.1, 0.15) is 18.9 Å². The molecule has 3 nitrogen and oxygen atoms in total. The highest BCUT2D eigenvalue weighted by atomic mass is 15.2. The van der Waals surface area contributed by atoms with Crippen LogP contribution in [-0.2, 0) is 13.5 Å². The molecular formula is C9H17N3. The van der Waals surface area contributed by atoms with Crippen LogP contribution in [0.2, 0.25) is 0 Å². The highest BCUT2D eigenvalue weighted by molar-refractivity contribution is 5.03. The van der Waals surface area contributed by atoms with Gasteiger partial charge < -0.3 is 5.32 Å². The van der Waals surface area contributed by atoms with Crippen molar-refractivity contribution in [1.29, 1.82) is 0 Å². The molecule has 1 rings (SSSR count). The van der Waals surface area contributed by atoms with E-state index < -0.39 is 0 Å². The average molecular weight is 167 g/mol. The van der Waals surface area contributed by atoms with Gasteiger partial charge in [0.15, 0.2) is 0 Å². The first-order valence-corrected chi connectivity index (χ1v) is 4.51. The number of nitrogens with one attached hydrogen (secondary N) is 1. The summed E-state index contributed by atoms with van der Waals surface area (Å²) in [4.78, 5) is 0. The van der Waals surface area contributed by atoms with Gasteiger partial charge >= 0.3 is 0 Å². The van der Waals surface area contributed by atoms with Gasteiger partial charge in [0.1, 0.15) is 0 Å². The quantitative estimate of drug-likeness (QED) is 0.662. The van der Waals surface area contributed by atoms with Crippen molar-refractivity contribution in [1.82, 2.24) is 15.1 Å². The van der Waals surface area contributed by atoms with E-state index in [4.69, 9.17) is 0 Å². The summed E-state index contributed by atoms with van der Waals surface area (Å²) in [6.45, 7) is 4.29. The van der Waals surface area contributed by atoms with Crippen LogP contribution in [0.15, 0.2) is 12.4 Å². The molecule has 0 fully saturated rings. The Labute approximate surface area is 73.8 Å². The molecule has 1 N–H and O–H groups in total. The molecule has 3 heteroatoms. The van der Waals surface area contributed by atoms with E-state index in [-0.39, 0.29) is 0 Å². The van der Waals surface area contributed by atoms with E-state index in [2.05, 4.69) is 23.5 Å². The Morgan fingerprint density at radius 2 is 2.42 bits per heavy atom. The van der Waals surface area contributed by atoms with Gasteiger partial charge in [-0.15, -0.1) is 0 Å². The molecule has 68 valence electrons. The summed E-state index contributed by atoms with van der Waals surface area (Å²) in [7, 11) is 1.95. The minimum atomic E-state index is 1.06. The van der Waals surface area contributed by atoms with Gasteiger partial charge in [0, 0.05) is 13.2 Å². The zero-order valence-corrected chi connectivity index (χ0v) is 7.88. The lowest BCUT2D eigenvalue weighted by Crippen LogP contribution is -2.14. The maximum Gasteiger partial charge on any atom is 0.0521 e. The van der Waals surface area contributed by atoms with Crippen LogP contribution in [0.25, 0.3) is 0 Å². The monoisotopic (exact) mass is 167 g/mol. The summed E-state index contributed by atoms with van der Waals surface area (Å²) in [5, 5.41) is 7.41. The third-order valence-corrected chi connectivity index (χ3v) is 1.83. The molecule has 0 saturated carbocycles. The zero-order valence-electron chi connectivity index (χ0n) is 7.88. The topological polar surface area (TPSA) is 29.9 Å². The maximum atomic E-state index is 4.11. The zero-order chi connectivity index (χ0) is 8.81. The second kappa shape index (κ2) is 4.93. The Balaban J connectivity index is 2.15. The van der Waals surface area contributed by atoms with Gasteiger partial charge in [-0.05, 0) is 31.5 Å². The van der Waals surface area contributed by atoms with Gasteiger partial charge in [-0.25, -0.2) is 0 Å². The number of aromatic nitrogens is 2. The number of hydrogen-bond acceptors (Lipinski definition) is 2. The van der Waals surface area contributed by atoms with Gasteiger partial charge in [0.2, 0.25) is 0 Å². The first-order chi connectivity index (χ1) is 5.83. The third-order valence-electron chi connectivity index (χ3n) is 1.83. The standard InChI is InChI=1S/C9H17N3/c1-3-10-6-4-5-9-7-11-12(2)8-9/h7-8,10H,3-6H2,1-2H3. The molecule has 1 heterocycles. The Bertz CT molecular complexity index is 217. The van der Waals surface area contributed by atoms with Crippen LogP contribution in [0.3, 0.4) is 0 Å². The van der Waals surface area contributed by atoms with Crippen molar-refractivity contribution in [3.8, 4) is 0 Å². The molecule has 0 aliphatic carbocycles. The smallest absolute Gasteiger partial charge is 0.0521 e. The van der Waals surface area contributed by atoms with Crippen molar-refractivity contribution in [3.05, 3.63) is 18.0 Å². The molecule has 0 unspecified atom stereocenters. The lowest BCUT2D eigenvalue weighted by Gasteiger charge is -1.98. The van der Waals surface area contributed by atoms with E-state index in [1.807, 2.05) is 17.9 Å². The summed E-state index contributed by atoms with van der Waals surface area (Å²) in [6, 6.07) is 0. The SMILES string of the molecule is CCNCCCc1cnn(C)c1. The predicted octanol–water partition coefficient (Wildman–Crippen LogP) is 0.962. The summed E-state index contributed by atoms with van der Waals surface area (Å²) in [6.07, 6.45) is 6.33. The Hall–Kier alpha value is -0.830. The van der Waals surface area contributed by atoms with Crippen LogP contribution in [0.5, 0.6) is 0 Å². The second-order valence-corrected chi connectivity index (χ2v) is 2.98. The van der Waals surface area contributed by atoms with Crippen LogP contribution in [-0.4, -0.2) is 22.9 Å². The number of hydrogen-bond donors (Lipinski definition) is 1. The molecule has 1 aromatic heterocycles. The van der Waals surface area contributed by atoms with Gasteiger partial charge in [-0.1, -0.05) is 6.92 Å². The Morgan fingerprint density at radius 1 is 1.58 bits per heavy atom. The molecule has 0 saturated heterocycles. The van der Waals surface area contributed by atoms with E-state index in [1.165, 1.54) is 12.0 Å². The third kappa shape index (κ3) is 3.05. The van der Waals surface area contributed by atoms with Crippen molar-refractivity contribution >= 4 is 0 Å². The normalized spacial score (nSPS) is 10.5. The van der Waals surface area contributed by atoms with Crippen molar-refractivity contribution < 1.29 is 0 Å². The molecule has 0 spiro atoms. The Kier molecular flexibility index (Phi) is 3.80. The fourth-order valence-electron chi connectivity index (χ4n) is 1.20. The largest absolute Gasteiger partial charge is 0.317 e. The van der Waals surface area contributed by atoms with Gasteiger partial charge in [0.05, 0.1) is 6.20 Å². The summed E-state index contributed by atoms with van der Waals surface area (Å²) in [5.74, 6) is 0. The summed E-state index contributed by atoms with van der Waals surface area (Å²) < 4.78 is 1.85. The minimum Gasteiger partial charge on any atom is -0.317 e. The molecule has 0 aromatic carbocycles. The van der Waals surface area contributed by atoms with Crippen molar-refractivity contribution in [3.63, 3.8) is 0 Å². The summed E-state index contributed by atoms with van der Waals surface area (Å²) in [5.41, 5.74) is 1.33. The number of nitrogens with zero attached hydrogens (tertiary/aromatic N) is 2. The van der Waals surface area contributed by atoms with Crippen molar-refractivity contribution in [2.24, 2.45) is 7.05 Å². The van der Waals surface area contributed by atoms with Crippen LogP contribution >= 0.6 is 0 Å². The van der Waals surface area contributed by atoms with E-state index >= 15 is 0 Å². The fraction of sp³-hybridized carbons (Fsp3) is 0.667. The molecule has 0 aliphatic heterocycles. The highest BCUT2D eigenvalue weighted by Gasteiger charge is 1.94. The van der Waals surface area contributed by atoms with Crippen molar-refractivity contribution in [2.45, 2.75) is 19.8 Å². The van der Waals surface area contributed by atoms with E-state index in [9.17, 15) is 0 Å². The van der Waals surface area contributed by atoms with E-state index in [1.54, 1.807) is 0 Å². The molecule has 0 aliphatic rings. The lowest BCUT2D eigenvalue weighted by atomic mass is 10.2. The van der Waals surface area contributed by atoms with Gasteiger partial charge in [0.25, 0.3) is 0 Å². The maximum absolute atomic E-state index is 4.11. The number of aryl methyl sites for hydroxylation is 2. The fourth-order valence-corrected chi connectivity index (χ4v) is 1.20. The molecule has 12 heavy (non-hydrogen) atoms. The molecule has 0 bridgehead atoms. The predicted molar refractivity (Wildman–Crippen MR) is 50.1 cm³/mol. The van der Waals surface area contributed by atoms with Gasteiger partial charge in [-0.3, -0.25) is 4.68 Å². The van der Waals surface area contributed by atoms with Gasteiger partial charge in [-0.2, -0.15) is 5.10 Å². The highest BCUT2D eigenvalue weighted by Crippen LogP contribution is 1.99. The molecule has 0 atom stereocenters. The van der Waals surface area contributed by atoms with E-state index in [0.29, 0.717) is 0 Å². The van der Waals surface area contributed by atoms with Crippen molar-refractivity contribution in [2.75, 3.05) is 13.1 Å². The Morgan fingerprint density at radius 3 is 3.00 bits per heavy atom. The molecular weight excluding hydrogens is 150 g/mol. The minimum absolute atomic E-state index is 1.06. The molecule has 1 aromatic rings. The number of rotatable bonds is 5. The lowest BCUT2D eigenvalue weighted by molar-refractivity contribution is 0.672. The van der Waals surface area contributed by atoms with Crippen LogP contribution in [0.4, 0.5) is 0 Å². The van der Waals surface area contributed by atoms with E-state index in [0.717, 1.165) is 19.5 Å².